The quantitative estimate of drug-likeness (QED) is 0.819. The Balaban J connectivity index is 2.52. The van der Waals surface area contributed by atoms with Crippen molar-refractivity contribution in [3.63, 3.8) is 0 Å². The van der Waals surface area contributed by atoms with Crippen molar-refractivity contribution < 1.29 is 18.7 Å². The molecule has 15 heavy (non-hydrogen) atoms. The summed E-state index contributed by atoms with van der Waals surface area (Å²) in [7, 11) is 0. The first-order valence-electron chi connectivity index (χ1n) is 4.10. The smallest absolute Gasteiger partial charge is 0.338 e. The minimum atomic E-state index is -1.31. The Bertz CT molecular complexity index is 493. The molecule has 0 aliphatic carbocycles. The van der Waals surface area contributed by atoms with Crippen LogP contribution in [0, 0.1) is 5.82 Å². The van der Waals surface area contributed by atoms with Crippen molar-refractivity contribution in [2.45, 2.75) is 0 Å². The minimum absolute atomic E-state index is 0.379. The second kappa shape index (κ2) is 3.53. The van der Waals surface area contributed by atoms with Crippen molar-refractivity contribution >= 4 is 5.97 Å². The lowest BCUT2D eigenvalue weighted by atomic mass is 10.1. The van der Waals surface area contributed by atoms with Crippen LogP contribution >= 0.6 is 0 Å². The highest BCUT2D eigenvalue weighted by atomic mass is 19.1. The minimum Gasteiger partial charge on any atom is -0.478 e. The molecule has 0 amide bonds. The van der Waals surface area contributed by atoms with Crippen molar-refractivity contribution in [1.29, 1.82) is 0 Å². The summed E-state index contributed by atoms with van der Waals surface area (Å²) >= 11 is 0. The molecule has 0 aliphatic heterocycles. The third-order valence-electron chi connectivity index (χ3n) is 1.92. The molecule has 1 heterocycles. The van der Waals surface area contributed by atoms with Crippen LogP contribution in [-0.4, -0.2) is 16.1 Å². The standard InChI is InChI=1S/C10H6FNO3/c11-8-2-1-6(3-7(8)10(13)14)9-4-15-5-12-9/h1-5H,(H,13,14). The summed E-state index contributed by atoms with van der Waals surface area (Å²) in [6, 6.07) is 3.75. The average Bonchev–Trinajstić information content (AvgIpc) is 2.71. The molecule has 1 aromatic carbocycles. The van der Waals surface area contributed by atoms with Gasteiger partial charge < -0.3 is 9.52 Å². The Kier molecular flexibility index (Phi) is 2.21. The fourth-order valence-electron chi connectivity index (χ4n) is 1.20. The molecule has 0 radical (unpaired) electrons. The maximum absolute atomic E-state index is 13.0. The largest absolute Gasteiger partial charge is 0.478 e. The van der Waals surface area contributed by atoms with Crippen LogP contribution < -0.4 is 0 Å². The number of rotatable bonds is 2. The van der Waals surface area contributed by atoms with Crippen LogP contribution in [-0.2, 0) is 0 Å². The molecule has 0 spiro atoms. The van der Waals surface area contributed by atoms with Gasteiger partial charge in [0.1, 0.15) is 17.8 Å². The number of benzene rings is 1. The van der Waals surface area contributed by atoms with E-state index in [9.17, 15) is 9.18 Å². The fraction of sp³-hybridized carbons (Fsp3) is 0. The molecule has 4 nitrogen and oxygen atoms in total. The molecule has 1 N–H and O–H groups in total. The van der Waals surface area contributed by atoms with Crippen molar-refractivity contribution in [1.82, 2.24) is 4.98 Å². The number of carboxylic acid groups (broad SMARTS) is 1. The fourth-order valence-corrected chi connectivity index (χ4v) is 1.20. The van der Waals surface area contributed by atoms with E-state index < -0.39 is 11.8 Å². The summed E-state index contributed by atoms with van der Waals surface area (Å²) in [5, 5.41) is 8.70. The van der Waals surface area contributed by atoms with Gasteiger partial charge in [0.2, 0.25) is 0 Å². The first-order chi connectivity index (χ1) is 7.18. The Labute approximate surface area is 84.0 Å². The molecular weight excluding hydrogens is 201 g/mol. The van der Waals surface area contributed by atoms with Gasteiger partial charge in [0.05, 0.1) is 5.56 Å². The lowest BCUT2D eigenvalue weighted by molar-refractivity contribution is 0.0692. The van der Waals surface area contributed by atoms with Crippen LogP contribution in [0.1, 0.15) is 10.4 Å². The van der Waals surface area contributed by atoms with Gasteiger partial charge in [-0.3, -0.25) is 0 Å². The highest BCUT2D eigenvalue weighted by molar-refractivity contribution is 5.89. The average molecular weight is 207 g/mol. The molecule has 0 bridgehead atoms. The number of hydrogen-bond acceptors (Lipinski definition) is 3. The normalized spacial score (nSPS) is 10.2. The van der Waals surface area contributed by atoms with E-state index >= 15 is 0 Å². The van der Waals surface area contributed by atoms with Gasteiger partial charge in [0, 0.05) is 5.56 Å². The number of oxazole rings is 1. The predicted molar refractivity (Wildman–Crippen MR) is 48.9 cm³/mol. The molecule has 76 valence electrons. The van der Waals surface area contributed by atoms with Crippen LogP contribution in [0.4, 0.5) is 4.39 Å². The second-order valence-electron chi connectivity index (χ2n) is 2.87. The number of carboxylic acids is 1. The van der Waals surface area contributed by atoms with Crippen molar-refractivity contribution in [3.8, 4) is 11.3 Å². The summed E-state index contributed by atoms with van der Waals surface area (Å²) in [4.78, 5) is 14.5. The van der Waals surface area contributed by atoms with E-state index in [1.165, 1.54) is 24.8 Å². The van der Waals surface area contributed by atoms with Gasteiger partial charge in [-0.2, -0.15) is 0 Å². The second-order valence-corrected chi connectivity index (χ2v) is 2.87. The molecule has 0 fully saturated rings. The molecule has 0 aliphatic rings. The first kappa shape index (κ1) is 9.39. The number of aromatic carboxylic acids is 1. The summed E-state index contributed by atoms with van der Waals surface area (Å²) in [6.07, 6.45) is 2.58. The number of hydrogen-bond donors (Lipinski definition) is 1. The zero-order valence-electron chi connectivity index (χ0n) is 7.48. The van der Waals surface area contributed by atoms with E-state index in [1.54, 1.807) is 0 Å². The maximum Gasteiger partial charge on any atom is 0.338 e. The van der Waals surface area contributed by atoms with Gasteiger partial charge in [-0.1, -0.05) is 0 Å². The van der Waals surface area contributed by atoms with E-state index in [4.69, 9.17) is 9.52 Å². The summed E-state index contributed by atoms with van der Waals surface area (Å²) in [5.41, 5.74) is 0.593. The lowest BCUT2D eigenvalue weighted by Gasteiger charge is -1.99. The van der Waals surface area contributed by atoms with Gasteiger partial charge in [0.15, 0.2) is 6.39 Å². The molecule has 5 heteroatoms. The number of nitrogens with zero attached hydrogens (tertiary/aromatic N) is 1. The SMILES string of the molecule is O=C(O)c1cc(-c2cocn2)ccc1F. The monoisotopic (exact) mass is 207 g/mol. The van der Waals surface area contributed by atoms with Crippen LogP contribution in [0.2, 0.25) is 0 Å². The summed E-state index contributed by atoms with van der Waals surface area (Å²) < 4.78 is 17.8. The van der Waals surface area contributed by atoms with Gasteiger partial charge in [-0.15, -0.1) is 0 Å². The van der Waals surface area contributed by atoms with Crippen LogP contribution in [0.3, 0.4) is 0 Å². The van der Waals surface area contributed by atoms with Crippen molar-refractivity contribution in [2.75, 3.05) is 0 Å². The third kappa shape index (κ3) is 1.71. The maximum atomic E-state index is 13.0. The van der Waals surface area contributed by atoms with E-state index in [-0.39, 0.29) is 5.56 Å². The first-order valence-corrected chi connectivity index (χ1v) is 4.10. The molecule has 2 rings (SSSR count). The molecule has 0 saturated carbocycles. The van der Waals surface area contributed by atoms with E-state index in [2.05, 4.69) is 4.98 Å². The topological polar surface area (TPSA) is 63.3 Å². The predicted octanol–water partition coefficient (Wildman–Crippen LogP) is 2.18. The number of halogens is 1. The van der Waals surface area contributed by atoms with Crippen molar-refractivity contribution in [2.24, 2.45) is 0 Å². The van der Waals surface area contributed by atoms with Gasteiger partial charge >= 0.3 is 5.97 Å². The van der Waals surface area contributed by atoms with Crippen molar-refractivity contribution in [3.05, 3.63) is 42.2 Å². The molecule has 0 atom stereocenters. The highest BCUT2D eigenvalue weighted by Crippen LogP contribution is 2.20. The Hall–Kier alpha value is -2.17. The molecular formula is C10H6FNO3. The van der Waals surface area contributed by atoms with E-state index in [0.29, 0.717) is 11.3 Å². The van der Waals surface area contributed by atoms with E-state index in [1.807, 2.05) is 0 Å². The third-order valence-corrected chi connectivity index (χ3v) is 1.92. The highest BCUT2D eigenvalue weighted by Gasteiger charge is 2.12. The Morgan fingerprint density at radius 1 is 1.47 bits per heavy atom. The summed E-state index contributed by atoms with van der Waals surface area (Å²) in [5.74, 6) is -2.08. The van der Waals surface area contributed by atoms with Gasteiger partial charge in [-0.05, 0) is 18.2 Å². The number of aromatic nitrogens is 1. The zero-order valence-corrected chi connectivity index (χ0v) is 7.48. The van der Waals surface area contributed by atoms with Crippen LogP contribution in [0.5, 0.6) is 0 Å². The molecule has 0 saturated heterocycles. The summed E-state index contributed by atoms with van der Waals surface area (Å²) in [6.45, 7) is 0. The van der Waals surface area contributed by atoms with Crippen LogP contribution in [0.15, 0.2) is 35.3 Å². The van der Waals surface area contributed by atoms with Crippen LogP contribution in [0.25, 0.3) is 11.3 Å². The lowest BCUT2D eigenvalue weighted by Crippen LogP contribution is -2.00. The van der Waals surface area contributed by atoms with Gasteiger partial charge in [-0.25, -0.2) is 14.2 Å². The van der Waals surface area contributed by atoms with Gasteiger partial charge in [0.25, 0.3) is 0 Å². The molecule has 1 aromatic heterocycles. The number of carbonyl (C=O) groups is 1. The Morgan fingerprint density at radius 3 is 2.87 bits per heavy atom. The Morgan fingerprint density at radius 2 is 2.27 bits per heavy atom. The van der Waals surface area contributed by atoms with E-state index in [0.717, 1.165) is 6.07 Å². The zero-order chi connectivity index (χ0) is 10.8. The molecule has 0 unspecified atom stereocenters. The molecule has 2 aromatic rings.